The van der Waals surface area contributed by atoms with Gasteiger partial charge in [-0.25, -0.2) is 4.79 Å². The van der Waals surface area contributed by atoms with Gasteiger partial charge in [-0.2, -0.15) is 0 Å². The summed E-state index contributed by atoms with van der Waals surface area (Å²) < 4.78 is 5.98. The maximum Gasteiger partial charge on any atom is 0.338 e. The molecule has 6 nitrogen and oxygen atoms in total. The van der Waals surface area contributed by atoms with E-state index in [0.29, 0.717) is 16.9 Å². The second-order valence-corrected chi connectivity index (χ2v) is 6.38. The lowest BCUT2D eigenvalue weighted by atomic mass is 10.2. The minimum absolute atomic E-state index is 0.101. The molecule has 0 saturated carbocycles. The van der Waals surface area contributed by atoms with Gasteiger partial charge in [-0.05, 0) is 52.9 Å². The Morgan fingerprint density at radius 3 is 2.75 bits per heavy atom. The second-order valence-electron chi connectivity index (χ2n) is 5.13. The van der Waals surface area contributed by atoms with E-state index in [9.17, 15) is 14.4 Å². The smallest absolute Gasteiger partial charge is 0.338 e. The zero-order valence-corrected chi connectivity index (χ0v) is 14.6. The van der Waals surface area contributed by atoms with Gasteiger partial charge in [-0.15, -0.1) is 0 Å². The Kier molecular flexibility index (Phi) is 4.79. The van der Waals surface area contributed by atoms with Crippen LogP contribution in [0.25, 0.3) is 0 Å². The van der Waals surface area contributed by atoms with Crippen molar-refractivity contribution in [2.45, 2.75) is 0 Å². The molecule has 0 bridgehead atoms. The fourth-order valence-electron chi connectivity index (χ4n) is 2.36. The highest BCUT2D eigenvalue weighted by Gasteiger charge is 2.27. The Morgan fingerprint density at radius 2 is 1.96 bits per heavy atom. The standard InChI is InChI=1S/C17H13IN2O4/c18-12-5-3-4-11(8-12)17(23)24-10-16(22)20-9-15(21)19-13-6-1-2-7-14(13)20/h1-8H,9-10H2,(H,19,21). The first-order valence-electron chi connectivity index (χ1n) is 7.16. The molecule has 0 spiro atoms. The Hall–Kier alpha value is -2.42. The van der Waals surface area contributed by atoms with E-state index in [-0.39, 0.29) is 12.5 Å². The van der Waals surface area contributed by atoms with E-state index in [4.69, 9.17) is 4.74 Å². The van der Waals surface area contributed by atoms with Gasteiger partial charge in [-0.1, -0.05) is 18.2 Å². The van der Waals surface area contributed by atoms with Crippen molar-refractivity contribution in [1.82, 2.24) is 0 Å². The predicted molar refractivity (Wildman–Crippen MR) is 96.9 cm³/mol. The maximum absolute atomic E-state index is 12.4. The minimum atomic E-state index is -0.573. The molecule has 3 rings (SSSR count). The number of para-hydroxylation sites is 2. The fraction of sp³-hybridized carbons (Fsp3) is 0.118. The van der Waals surface area contributed by atoms with Crippen molar-refractivity contribution >= 4 is 51.7 Å². The summed E-state index contributed by atoms with van der Waals surface area (Å²) in [4.78, 5) is 37.4. The van der Waals surface area contributed by atoms with Crippen molar-refractivity contribution in [2.24, 2.45) is 0 Å². The molecule has 7 heteroatoms. The fourth-order valence-corrected chi connectivity index (χ4v) is 2.90. The summed E-state index contributed by atoms with van der Waals surface area (Å²) in [7, 11) is 0. The first kappa shape index (κ1) is 16.4. The van der Waals surface area contributed by atoms with Crippen molar-refractivity contribution in [3.63, 3.8) is 0 Å². The quantitative estimate of drug-likeness (QED) is 0.593. The van der Waals surface area contributed by atoms with Gasteiger partial charge in [0.05, 0.1) is 16.9 Å². The van der Waals surface area contributed by atoms with E-state index in [1.807, 2.05) is 6.07 Å². The molecular formula is C17H13IN2O4. The summed E-state index contributed by atoms with van der Waals surface area (Å²) in [5, 5.41) is 2.70. The van der Waals surface area contributed by atoms with Crippen molar-refractivity contribution in [3.8, 4) is 0 Å². The van der Waals surface area contributed by atoms with E-state index < -0.39 is 18.5 Å². The van der Waals surface area contributed by atoms with Gasteiger partial charge in [0.2, 0.25) is 5.91 Å². The van der Waals surface area contributed by atoms with Gasteiger partial charge in [0.15, 0.2) is 6.61 Å². The van der Waals surface area contributed by atoms with Crippen LogP contribution in [0.15, 0.2) is 48.5 Å². The Balaban J connectivity index is 1.69. The largest absolute Gasteiger partial charge is 0.452 e. The molecule has 0 radical (unpaired) electrons. The highest BCUT2D eigenvalue weighted by Crippen LogP contribution is 2.28. The van der Waals surface area contributed by atoms with Crippen LogP contribution in [0.1, 0.15) is 10.4 Å². The van der Waals surface area contributed by atoms with E-state index in [0.717, 1.165) is 3.57 Å². The highest BCUT2D eigenvalue weighted by atomic mass is 127. The van der Waals surface area contributed by atoms with E-state index in [1.54, 1.807) is 42.5 Å². The number of carbonyl (C=O) groups excluding carboxylic acids is 3. The number of amides is 2. The first-order chi connectivity index (χ1) is 11.5. The van der Waals surface area contributed by atoms with Crippen LogP contribution in [-0.2, 0) is 14.3 Å². The molecule has 1 aliphatic heterocycles. The van der Waals surface area contributed by atoms with Gasteiger partial charge in [0.25, 0.3) is 5.91 Å². The van der Waals surface area contributed by atoms with Gasteiger partial charge in [0.1, 0.15) is 6.54 Å². The lowest BCUT2D eigenvalue weighted by molar-refractivity contribution is -0.124. The SMILES string of the molecule is O=C1CN(C(=O)COC(=O)c2cccc(I)c2)c2ccccc2N1. The minimum Gasteiger partial charge on any atom is -0.452 e. The summed E-state index contributed by atoms with van der Waals surface area (Å²) >= 11 is 2.09. The molecule has 1 aliphatic rings. The molecule has 1 heterocycles. The number of esters is 1. The molecule has 0 fully saturated rings. The van der Waals surface area contributed by atoms with Crippen molar-refractivity contribution in [1.29, 1.82) is 0 Å². The normalized spacial score (nSPS) is 13.0. The number of halogens is 1. The summed E-state index contributed by atoms with van der Waals surface area (Å²) in [6.07, 6.45) is 0. The molecular weight excluding hydrogens is 423 g/mol. The lowest BCUT2D eigenvalue weighted by Crippen LogP contribution is -2.44. The van der Waals surface area contributed by atoms with Crippen LogP contribution in [0.4, 0.5) is 11.4 Å². The molecule has 2 aromatic carbocycles. The zero-order chi connectivity index (χ0) is 17.1. The van der Waals surface area contributed by atoms with Crippen LogP contribution in [-0.4, -0.2) is 30.9 Å². The number of anilines is 2. The van der Waals surface area contributed by atoms with Crippen LogP contribution in [0.2, 0.25) is 0 Å². The molecule has 122 valence electrons. The van der Waals surface area contributed by atoms with Gasteiger partial charge in [0, 0.05) is 3.57 Å². The third-order valence-electron chi connectivity index (χ3n) is 3.46. The third kappa shape index (κ3) is 3.56. The maximum atomic E-state index is 12.4. The van der Waals surface area contributed by atoms with E-state index in [2.05, 4.69) is 27.9 Å². The van der Waals surface area contributed by atoms with E-state index >= 15 is 0 Å². The number of nitrogens with one attached hydrogen (secondary N) is 1. The molecule has 24 heavy (non-hydrogen) atoms. The molecule has 0 aliphatic carbocycles. The average molecular weight is 436 g/mol. The topological polar surface area (TPSA) is 75.7 Å². The van der Waals surface area contributed by atoms with Crippen LogP contribution in [0.5, 0.6) is 0 Å². The van der Waals surface area contributed by atoms with Crippen molar-refractivity contribution in [2.75, 3.05) is 23.4 Å². The first-order valence-corrected chi connectivity index (χ1v) is 8.24. The van der Waals surface area contributed by atoms with Gasteiger partial charge in [-0.3, -0.25) is 14.5 Å². The summed E-state index contributed by atoms with van der Waals surface area (Å²) in [6.45, 7) is -0.525. The second kappa shape index (κ2) is 7.00. The zero-order valence-electron chi connectivity index (χ0n) is 12.5. The predicted octanol–water partition coefficient (Wildman–Crippen LogP) is 2.43. The Labute approximate surface area is 151 Å². The molecule has 0 unspecified atom stereocenters. The Morgan fingerprint density at radius 1 is 1.17 bits per heavy atom. The summed E-state index contributed by atoms with van der Waals surface area (Å²) in [5.74, 6) is -1.31. The highest BCUT2D eigenvalue weighted by molar-refractivity contribution is 14.1. The van der Waals surface area contributed by atoms with Crippen LogP contribution >= 0.6 is 22.6 Å². The molecule has 0 saturated heterocycles. The molecule has 0 aromatic heterocycles. The van der Waals surface area contributed by atoms with Crippen LogP contribution < -0.4 is 10.2 Å². The van der Waals surface area contributed by atoms with Crippen LogP contribution in [0, 0.1) is 3.57 Å². The number of nitrogens with zero attached hydrogens (tertiary/aromatic N) is 1. The number of benzene rings is 2. The molecule has 0 atom stereocenters. The number of hydrogen-bond donors (Lipinski definition) is 1. The summed E-state index contributed by atoms with van der Waals surface area (Å²) in [5.41, 5.74) is 1.53. The number of fused-ring (bicyclic) bond motifs is 1. The monoisotopic (exact) mass is 436 g/mol. The van der Waals surface area contributed by atoms with E-state index in [1.165, 1.54) is 4.90 Å². The number of carbonyl (C=O) groups is 3. The number of rotatable bonds is 3. The molecule has 1 N–H and O–H groups in total. The molecule has 2 aromatic rings. The number of hydrogen-bond acceptors (Lipinski definition) is 4. The average Bonchev–Trinajstić information content (AvgIpc) is 2.58. The van der Waals surface area contributed by atoms with Crippen molar-refractivity contribution in [3.05, 3.63) is 57.7 Å². The van der Waals surface area contributed by atoms with Crippen molar-refractivity contribution < 1.29 is 19.1 Å². The Bertz CT molecular complexity index is 822. The number of ether oxygens (including phenoxy) is 1. The molecule has 2 amide bonds. The summed E-state index contributed by atoms with van der Waals surface area (Å²) in [6, 6.07) is 13.9. The lowest BCUT2D eigenvalue weighted by Gasteiger charge is -2.28. The third-order valence-corrected chi connectivity index (χ3v) is 4.13. The van der Waals surface area contributed by atoms with Gasteiger partial charge < -0.3 is 10.1 Å². The van der Waals surface area contributed by atoms with Crippen LogP contribution in [0.3, 0.4) is 0 Å². The van der Waals surface area contributed by atoms with Gasteiger partial charge >= 0.3 is 5.97 Å².